The smallest absolute Gasteiger partial charge is 0.238 e. The second kappa shape index (κ2) is 7.88. The molecule has 2 rings (SSSR count). The van der Waals surface area contributed by atoms with E-state index in [4.69, 9.17) is 0 Å². The fraction of sp³-hybridized carbons (Fsp3) is 0.625. The van der Waals surface area contributed by atoms with Crippen molar-refractivity contribution >= 4 is 15.9 Å². The van der Waals surface area contributed by atoms with Crippen LogP contribution in [-0.2, 0) is 27.8 Å². The van der Waals surface area contributed by atoms with Crippen LogP contribution in [0, 0.1) is 0 Å². The van der Waals surface area contributed by atoms with E-state index in [2.05, 4.69) is 17.2 Å². The maximum atomic E-state index is 12.4. The van der Waals surface area contributed by atoms with Crippen molar-refractivity contribution in [2.75, 3.05) is 12.3 Å². The van der Waals surface area contributed by atoms with Gasteiger partial charge >= 0.3 is 0 Å². The molecule has 1 atom stereocenters. The lowest BCUT2D eigenvalue weighted by atomic mass is 10.2. The SMILES string of the molecule is CCCS(=O)(=O)N1CCCC1C(=O)NCc1cc(CC)ccn1. The fourth-order valence-electron chi connectivity index (χ4n) is 2.85. The Balaban J connectivity index is 1.99. The van der Waals surface area contributed by atoms with E-state index in [1.807, 2.05) is 19.1 Å². The highest BCUT2D eigenvalue weighted by molar-refractivity contribution is 7.89. The van der Waals surface area contributed by atoms with E-state index in [0.717, 1.165) is 24.1 Å². The summed E-state index contributed by atoms with van der Waals surface area (Å²) in [6, 6.07) is 3.32. The standard InChI is InChI=1S/C16H25N3O3S/c1-3-10-23(21,22)19-9-5-6-15(19)16(20)18-12-14-11-13(4-2)7-8-17-14/h7-8,11,15H,3-6,9-10,12H2,1-2H3,(H,18,20). The van der Waals surface area contributed by atoms with Crippen LogP contribution in [0.15, 0.2) is 18.3 Å². The molecule has 0 radical (unpaired) electrons. The maximum absolute atomic E-state index is 12.4. The summed E-state index contributed by atoms with van der Waals surface area (Å²) in [5, 5.41) is 2.83. The lowest BCUT2D eigenvalue weighted by Gasteiger charge is -2.23. The molecule has 1 fully saturated rings. The number of pyridine rings is 1. The van der Waals surface area contributed by atoms with E-state index in [-0.39, 0.29) is 11.7 Å². The normalized spacial score (nSPS) is 19.0. The van der Waals surface area contributed by atoms with Crippen molar-refractivity contribution in [3.05, 3.63) is 29.6 Å². The molecule has 1 N–H and O–H groups in total. The zero-order chi connectivity index (χ0) is 16.9. The van der Waals surface area contributed by atoms with Gasteiger partial charge in [0.25, 0.3) is 0 Å². The molecular formula is C16H25N3O3S. The number of rotatable bonds is 7. The first-order valence-corrected chi connectivity index (χ1v) is 9.80. The molecule has 0 saturated carbocycles. The third-order valence-corrected chi connectivity index (χ3v) is 6.13. The van der Waals surface area contributed by atoms with Crippen molar-refractivity contribution in [3.63, 3.8) is 0 Å². The van der Waals surface area contributed by atoms with Crippen molar-refractivity contribution in [1.29, 1.82) is 0 Å². The van der Waals surface area contributed by atoms with Crippen LogP contribution in [0.25, 0.3) is 0 Å². The van der Waals surface area contributed by atoms with Crippen LogP contribution < -0.4 is 5.32 Å². The maximum Gasteiger partial charge on any atom is 0.238 e. The van der Waals surface area contributed by atoms with Crippen molar-refractivity contribution < 1.29 is 13.2 Å². The van der Waals surface area contributed by atoms with Crippen molar-refractivity contribution in [3.8, 4) is 0 Å². The monoisotopic (exact) mass is 339 g/mol. The Morgan fingerprint density at radius 3 is 2.91 bits per heavy atom. The number of aryl methyl sites for hydroxylation is 1. The van der Waals surface area contributed by atoms with Gasteiger partial charge in [0.2, 0.25) is 15.9 Å². The van der Waals surface area contributed by atoms with Crippen molar-refractivity contribution in [2.45, 2.75) is 52.1 Å². The molecule has 128 valence electrons. The molecule has 0 aliphatic carbocycles. The first kappa shape index (κ1) is 17.9. The Labute approximate surface area is 138 Å². The minimum atomic E-state index is -3.34. The second-order valence-corrected chi connectivity index (χ2v) is 7.85. The Hall–Kier alpha value is -1.47. The van der Waals surface area contributed by atoms with Crippen molar-refractivity contribution in [2.24, 2.45) is 0 Å². The number of nitrogens with one attached hydrogen (secondary N) is 1. The Bertz CT molecular complexity index is 646. The summed E-state index contributed by atoms with van der Waals surface area (Å²) in [4.78, 5) is 16.6. The highest BCUT2D eigenvalue weighted by Crippen LogP contribution is 2.22. The van der Waals surface area contributed by atoms with E-state index in [1.165, 1.54) is 4.31 Å². The first-order valence-electron chi connectivity index (χ1n) is 8.19. The van der Waals surface area contributed by atoms with Gasteiger partial charge in [-0.15, -0.1) is 0 Å². The van der Waals surface area contributed by atoms with Crippen LogP contribution in [0.4, 0.5) is 0 Å². The molecule has 1 aromatic rings. The highest BCUT2D eigenvalue weighted by Gasteiger charge is 2.37. The average Bonchev–Trinajstić information content (AvgIpc) is 3.03. The minimum absolute atomic E-state index is 0.0941. The number of carbonyl (C=O) groups is 1. The molecular weight excluding hydrogens is 314 g/mol. The number of sulfonamides is 1. The summed E-state index contributed by atoms with van der Waals surface area (Å²) in [6.07, 6.45) is 4.51. The van der Waals surface area contributed by atoms with E-state index in [1.54, 1.807) is 6.20 Å². The number of hydrogen-bond acceptors (Lipinski definition) is 4. The van der Waals surface area contributed by atoms with Gasteiger partial charge in [-0.25, -0.2) is 8.42 Å². The summed E-state index contributed by atoms with van der Waals surface area (Å²) in [5.41, 5.74) is 1.95. The van der Waals surface area contributed by atoms with Gasteiger partial charge in [0.1, 0.15) is 6.04 Å². The zero-order valence-corrected chi connectivity index (χ0v) is 14.6. The fourth-order valence-corrected chi connectivity index (χ4v) is 4.60. The van der Waals surface area contributed by atoms with Gasteiger partial charge in [0, 0.05) is 12.7 Å². The predicted molar refractivity (Wildman–Crippen MR) is 89.3 cm³/mol. The predicted octanol–water partition coefficient (Wildman–Crippen LogP) is 1.46. The summed E-state index contributed by atoms with van der Waals surface area (Å²) in [6.45, 7) is 4.65. The van der Waals surface area contributed by atoms with Crippen LogP contribution in [0.1, 0.15) is 44.4 Å². The molecule has 1 aliphatic rings. The number of carbonyl (C=O) groups excluding carboxylic acids is 1. The largest absolute Gasteiger partial charge is 0.349 e. The lowest BCUT2D eigenvalue weighted by molar-refractivity contribution is -0.124. The van der Waals surface area contributed by atoms with Crippen LogP contribution in [0.5, 0.6) is 0 Å². The highest BCUT2D eigenvalue weighted by atomic mass is 32.2. The van der Waals surface area contributed by atoms with Crippen molar-refractivity contribution in [1.82, 2.24) is 14.6 Å². The summed E-state index contributed by atoms with van der Waals surface area (Å²) in [7, 11) is -3.34. The van der Waals surface area contributed by atoms with Gasteiger partial charge < -0.3 is 5.32 Å². The van der Waals surface area contributed by atoms with E-state index in [9.17, 15) is 13.2 Å². The topological polar surface area (TPSA) is 79.4 Å². The van der Waals surface area contributed by atoms with E-state index < -0.39 is 16.1 Å². The molecule has 0 bridgehead atoms. The summed E-state index contributed by atoms with van der Waals surface area (Å²) < 4.78 is 25.8. The molecule has 0 aromatic carbocycles. The molecule has 1 unspecified atom stereocenters. The summed E-state index contributed by atoms with van der Waals surface area (Å²) >= 11 is 0. The Kier molecular flexibility index (Phi) is 6.12. The van der Waals surface area contributed by atoms with Gasteiger partial charge in [-0.3, -0.25) is 9.78 Å². The third kappa shape index (κ3) is 4.51. The molecule has 6 nitrogen and oxygen atoms in total. The molecule has 1 aliphatic heterocycles. The minimum Gasteiger partial charge on any atom is -0.349 e. The van der Waals surface area contributed by atoms with Gasteiger partial charge in [-0.05, 0) is 43.4 Å². The van der Waals surface area contributed by atoms with Gasteiger partial charge in [-0.2, -0.15) is 4.31 Å². The molecule has 1 aromatic heterocycles. The van der Waals surface area contributed by atoms with Crippen LogP contribution in [0.3, 0.4) is 0 Å². The van der Waals surface area contributed by atoms with Crippen LogP contribution >= 0.6 is 0 Å². The third-order valence-electron chi connectivity index (χ3n) is 4.06. The van der Waals surface area contributed by atoms with E-state index in [0.29, 0.717) is 25.9 Å². The summed E-state index contributed by atoms with van der Waals surface area (Å²) in [5.74, 6) is -0.137. The van der Waals surface area contributed by atoms with Crippen LogP contribution in [-0.4, -0.2) is 42.0 Å². The average molecular weight is 339 g/mol. The Morgan fingerprint density at radius 1 is 1.43 bits per heavy atom. The van der Waals surface area contributed by atoms with Gasteiger partial charge in [0.05, 0.1) is 18.0 Å². The van der Waals surface area contributed by atoms with Gasteiger partial charge in [-0.1, -0.05) is 13.8 Å². The van der Waals surface area contributed by atoms with Crippen LogP contribution in [0.2, 0.25) is 0 Å². The lowest BCUT2D eigenvalue weighted by Crippen LogP contribution is -2.46. The first-order chi connectivity index (χ1) is 11.0. The second-order valence-electron chi connectivity index (χ2n) is 5.81. The molecule has 1 saturated heterocycles. The molecule has 2 heterocycles. The molecule has 7 heteroatoms. The van der Waals surface area contributed by atoms with E-state index >= 15 is 0 Å². The van der Waals surface area contributed by atoms with Gasteiger partial charge in [0.15, 0.2) is 0 Å². The molecule has 1 amide bonds. The number of amides is 1. The quantitative estimate of drug-likeness (QED) is 0.816. The number of hydrogen-bond donors (Lipinski definition) is 1. The Morgan fingerprint density at radius 2 is 2.22 bits per heavy atom. The number of aromatic nitrogens is 1. The number of nitrogens with zero attached hydrogens (tertiary/aromatic N) is 2. The zero-order valence-electron chi connectivity index (χ0n) is 13.8. The molecule has 23 heavy (non-hydrogen) atoms. The molecule has 0 spiro atoms.